The maximum Gasteiger partial charge on any atom is 0.229 e. The third kappa shape index (κ3) is 4.02. The van der Waals surface area contributed by atoms with E-state index in [1.165, 1.54) is 11.3 Å². The fourth-order valence-electron chi connectivity index (χ4n) is 2.84. The Balaban J connectivity index is 1.63. The number of aromatic nitrogens is 2. The molecule has 2 amide bonds. The highest BCUT2D eigenvalue weighted by Gasteiger charge is 2.37. The maximum atomic E-state index is 12.7. The zero-order valence-electron chi connectivity index (χ0n) is 14.2. The predicted octanol–water partition coefficient (Wildman–Crippen LogP) is 1.70. The third-order valence-electron chi connectivity index (χ3n) is 4.07. The van der Waals surface area contributed by atoms with Gasteiger partial charge in [-0.1, -0.05) is 41.7 Å². The van der Waals surface area contributed by atoms with Crippen LogP contribution in [0.25, 0.3) is 0 Å². The van der Waals surface area contributed by atoms with E-state index in [1.54, 1.807) is 24.0 Å². The molecule has 25 heavy (non-hydrogen) atoms. The third-order valence-corrected chi connectivity index (χ3v) is 4.99. The van der Waals surface area contributed by atoms with Crippen molar-refractivity contribution >= 4 is 28.3 Å². The Kier molecular flexibility index (Phi) is 5.40. The number of anilines is 1. The lowest BCUT2D eigenvalue weighted by atomic mass is 10.1. The average molecular weight is 360 g/mol. The van der Waals surface area contributed by atoms with Gasteiger partial charge in [0.2, 0.25) is 16.9 Å². The van der Waals surface area contributed by atoms with Crippen molar-refractivity contribution in [3.8, 4) is 0 Å². The summed E-state index contributed by atoms with van der Waals surface area (Å²) < 4.78 is 5.02. The number of hydrogen-bond acceptors (Lipinski definition) is 6. The van der Waals surface area contributed by atoms with Crippen LogP contribution in [0.2, 0.25) is 0 Å². The molecule has 0 N–H and O–H groups in total. The van der Waals surface area contributed by atoms with Crippen molar-refractivity contribution in [1.82, 2.24) is 15.1 Å². The summed E-state index contributed by atoms with van der Waals surface area (Å²) >= 11 is 1.32. The Morgan fingerprint density at radius 1 is 1.36 bits per heavy atom. The Labute approximate surface area is 150 Å². The molecule has 132 valence electrons. The van der Waals surface area contributed by atoms with Gasteiger partial charge in [0.05, 0.1) is 5.92 Å². The first-order valence-electron chi connectivity index (χ1n) is 7.99. The van der Waals surface area contributed by atoms with E-state index in [2.05, 4.69) is 10.2 Å². The molecule has 3 rings (SSSR count). The summed E-state index contributed by atoms with van der Waals surface area (Å²) in [5.41, 5.74) is 1.06. The number of methoxy groups -OCH3 is 1. The molecule has 2 heterocycles. The average Bonchev–Trinajstić information content (AvgIpc) is 3.22. The lowest BCUT2D eigenvalue weighted by molar-refractivity contribution is -0.135. The van der Waals surface area contributed by atoms with Crippen molar-refractivity contribution in [2.45, 2.75) is 19.6 Å². The minimum Gasteiger partial charge on any atom is -0.377 e. The molecule has 1 unspecified atom stereocenters. The van der Waals surface area contributed by atoms with Gasteiger partial charge in [0.15, 0.2) is 0 Å². The van der Waals surface area contributed by atoms with Crippen LogP contribution in [0.3, 0.4) is 0 Å². The largest absolute Gasteiger partial charge is 0.377 e. The summed E-state index contributed by atoms with van der Waals surface area (Å²) in [5, 5.41) is 9.28. The van der Waals surface area contributed by atoms with Crippen molar-refractivity contribution in [3.63, 3.8) is 0 Å². The minimum atomic E-state index is -0.351. The van der Waals surface area contributed by atoms with Gasteiger partial charge >= 0.3 is 0 Å². The summed E-state index contributed by atoms with van der Waals surface area (Å²) in [6.07, 6.45) is 0.206. The summed E-state index contributed by atoms with van der Waals surface area (Å²) in [6, 6.07) is 9.80. The monoisotopic (exact) mass is 360 g/mol. The molecule has 1 aliphatic heterocycles. The lowest BCUT2D eigenvalue weighted by Crippen LogP contribution is -2.34. The molecule has 0 saturated carbocycles. The Bertz CT molecular complexity index is 749. The first-order valence-corrected chi connectivity index (χ1v) is 8.80. The molecule has 0 spiro atoms. The van der Waals surface area contributed by atoms with Crippen molar-refractivity contribution in [3.05, 3.63) is 40.9 Å². The highest BCUT2D eigenvalue weighted by atomic mass is 32.1. The van der Waals surface area contributed by atoms with E-state index in [9.17, 15) is 9.59 Å². The van der Waals surface area contributed by atoms with Crippen LogP contribution < -0.4 is 4.90 Å². The molecule has 8 heteroatoms. The van der Waals surface area contributed by atoms with E-state index in [0.29, 0.717) is 29.8 Å². The molecule has 1 aromatic heterocycles. The summed E-state index contributed by atoms with van der Waals surface area (Å²) in [5.74, 6) is -0.469. The van der Waals surface area contributed by atoms with Gasteiger partial charge in [-0.05, 0) is 5.56 Å². The number of benzene rings is 1. The Morgan fingerprint density at radius 3 is 2.84 bits per heavy atom. The van der Waals surface area contributed by atoms with Gasteiger partial charge in [0.25, 0.3) is 0 Å². The second-order valence-corrected chi connectivity index (χ2v) is 7.04. The molecule has 1 atom stereocenters. The number of carbonyl (C=O) groups is 2. The SMILES string of the molecule is COCc1nnc(N2CC(C(=O)N(C)Cc3ccccc3)CC2=O)s1. The first-order chi connectivity index (χ1) is 12.1. The molecule has 0 aliphatic carbocycles. The zero-order valence-corrected chi connectivity index (χ0v) is 15.0. The summed E-state index contributed by atoms with van der Waals surface area (Å²) in [4.78, 5) is 28.2. The van der Waals surface area contributed by atoms with E-state index in [0.717, 1.165) is 5.56 Å². The summed E-state index contributed by atoms with van der Waals surface area (Å²) in [7, 11) is 3.35. The fourth-order valence-corrected chi connectivity index (χ4v) is 3.68. The van der Waals surface area contributed by atoms with Gasteiger partial charge < -0.3 is 9.64 Å². The quantitative estimate of drug-likeness (QED) is 0.784. The fraction of sp³-hybridized carbons (Fsp3) is 0.412. The second-order valence-electron chi connectivity index (χ2n) is 6.00. The van der Waals surface area contributed by atoms with Crippen LogP contribution in [-0.4, -0.2) is 47.6 Å². The summed E-state index contributed by atoms with van der Waals surface area (Å²) in [6.45, 7) is 1.24. The van der Waals surface area contributed by atoms with Gasteiger partial charge in [-0.2, -0.15) is 0 Å². The Morgan fingerprint density at radius 2 is 2.12 bits per heavy atom. The van der Waals surface area contributed by atoms with Gasteiger partial charge in [-0.3, -0.25) is 14.5 Å². The molecule has 1 saturated heterocycles. The second kappa shape index (κ2) is 7.71. The number of ether oxygens (including phenoxy) is 1. The van der Waals surface area contributed by atoms with Crippen molar-refractivity contribution in [2.24, 2.45) is 5.92 Å². The van der Waals surface area contributed by atoms with E-state index in [4.69, 9.17) is 4.74 Å². The van der Waals surface area contributed by atoms with Crippen LogP contribution in [0.5, 0.6) is 0 Å². The van der Waals surface area contributed by atoms with E-state index < -0.39 is 0 Å². The molecule has 1 aliphatic rings. The van der Waals surface area contributed by atoms with E-state index in [-0.39, 0.29) is 24.2 Å². The highest BCUT2D eigenvalue weighted by Crippen LogP contribution is 2.29. The molecule has 0 bridgehead atoms. The first kappa shape index (κ1) is 17.5. The Hall–Kier alpha value is -2.32. The van der Waals surface area contributed by atoms with E-state index >= 15 is 0 Å². The van der Waals surface area contributed by atoms with Gasteiger partial charge in [0.1, 0.15) is 11.6 Å². The van der Waals surface area contributed by atoms with Crippen LogP contribution in [0.4, 0.5) is 5.13 Å². The lowest BCUT2D eigenvalue weighted by Gasteiger charge is -2.21. The van der Waals surface area contributed by atoms with Crippen molar-refractivity contribution < 1.29 is 14.3 Å². The molecule has 1 aromatic carbocycles. The maximum absolute atomic E-state index is 12.7. The number of rotatable bonds is 6. The molecule has 7 nitrogen and oxygen atoms in total. The molecule has 2 aromatic rings. The van der Waals surface area contributed by atoms with Gasteiger partial charge in [0, 0.05) is 33.7 Å². The number of amides is 2. The van der Waals surface area contributed by atoms with Crippen LogP contribution in [-0.2, 0) is 27.5 Å². The van der Waals surface area contributed by atoms with Crippen molar-refractivity contribution in [1.29, 1.82) is 0 Å². The number of nitrogens with zero attached hydrogens (tertiary/aromatic N) is 4. The van der Waals surface area contributed by atoms with E-state index in [1.807, 2.05) is 30.3 Å². The number of carbonyl (C=O) groups excluding carboxylic acids is 2. The van der Waals surface area contributed by atoms with Crippen LogP contribution in [0.1, 0.15) is 17.0 Å². The predicted molar refractivity (Wildman–Crippen MR) is 94.0 cm³/mol. The normalized spacial score (nSPS) is 17.1. The number of hydrogen-bond donors (Lipinski definition) is 0. The molecular weight excluding hydrogens is 340 g/mol. The van der Waals surface area contributed by atoms with Gasteiger partial charge in [-0.25, -0.2) is 0 Å². The van der Waals surface area contributed by atoms with Crippen LogP contribution >= 0.6 is 11.3 Å². The minimum absolute atomic E-state index is 0.0265. The molecular formula is C17H20N4O3S. The van der Waals surface area contributed by atoms with Crippen LogP contribution in [0, 0.1) is 5.92 Å². The highest BCUT2D eigenvalue weighted by molar-refractivity contribution is 7.15. The molecule has 0 radical (unpaired) electrons. The van der Waals surface area contributed by atoms with Gasteiger partial charge in [-0.15, -0.1) is 10.2 Å². The molecule has 1 fully saturated rings. The topological polar surface area (TPSA) is 75.6 Å². The van der Waals surface area contributed by atoms with Crippen LogP contribution in [0.15, 0.2) is 30.3 Å². The smallest absolute Gasteiger partial charge is 0.229 e. The van der Waals surface area contributed by atoms with Crippen molar-refractivity contribution in [2.75, 3.05) is 25.6 Å². The standard InChI is InChI=1S/C17H20N4O3S/c1-20(9-12-6-4-3-5-7-12)16(23)13-8-15(22)21(10-13)17-19-18-14(25-17)11-24-2/h3-7,13H,8-11H2,1-2H3. The zero-order chi connectivity index (χ0) is 17.8.